The van der Waals surface area contributed by atoms with Gasteiger partial charge < -0.3 is 21.5 Å². The third-order valence-corrected chi connectivity index (χ3v) is 4.36. The van der Waals surface area contributed by atoms with E-state index in [4.69, 9.17) is 10.9 Å². The van der Waals surface area contributed by atoms with E-state index in [1.807, 2.05) is 0 Å². The minimum absolute atomic E-state index is 0.199. The molecule has 0 saturated carbocycles. The zero-order valence-electron chi connectivity index (χ0n) is 17.9. The van der Waals surface area contributed by atoms with Crippen LogP contribution in [0.25, 0.3) is 0 Å². The maximum atomic E-state index is 12.3. The summed E-state index contributed by atoms with van der Waals surface area (Å²) in [7, 11) is 0. The number of nitrogens with one attached hydrogen (secondary N) is 3. The van der Waals surface area contributed by atoms with Crippen LogP contribution in [0.4, 0.5) is 0 Å². The van der Waals surface area contributed by atoms with Crippen LogP contribution in [0.3, 0.4) is 0 Å². The van der Waals surface area contributed by atoms with Gasteiger partial charge >= 0.3 is 0 Å². The Kier molecular flexibility index (Phi) is 9.62. The van der Waals surface area contributed by atoms with Crippen molar-refractivity contribution in [3.63, 3.8) is 0 Å². The molecule has 0 aliphatic carbocycles. The summed E-state index contributed by atoms with van der Waals surface area (Å²) in [5, 5.41) is 23.3. The minimum Gasteiger partial charge on any atom is -0.391 e. The molecule has 9 heteroatoms. The van der Waals surface area contributed by atoms with Crippen LogP contribution in [-0.2, 0) is 4.79 Å². The maximum Gasteiger partial charge on any atom is 0.268 e. The number of benzene rings is 2. The minimum atomic E-state index is -1.30. The first kappa shape index (κ1) is 25.1. The molecule has 1 unspecified atom stereocenters. The van der Waals surface area contributed by atoms with Crippen LogP contribution in [0, 0.1) is 23.7 Å². The van der Waals surface area contributed by atoms with Crippen molar-refractivity contribution in [2.24, 2.45) is 5.73 Å². The van der Waals surface area contributed by atoms with Gasteiger partial charge in [-0.3, -0.25) is 19.6 Å². The van der Waals surface area contributed by atoms with E-state index in [1.165, 1.54) is 24.5 Å². The van der Waals surface area contributed by atoms with E-state index in [0.717, 1.165) is 0 Å². The lowest BCUT2D eigenvalue weighted by molar-refractivity contribution is -0.133. The van der Waals surface area contributed by atoms with Crippen LogP contribution in [-0.4, -0.2) is 53.3 Å². The van der Waals surface area contributed by atoms with Crippen molar-refractivity contribution < 1.29 is 24.7 Å². The van der Waals surface area contributed by atoms with E-state index in [-0.39, 0.29) is 11.5 Å². The summed E-state index contributed by atoms with van der Waals surface area (Å²) < 4.78 is 0. The second-order valence-electron chi connectivity index (χ2n) is 6.87. The molecule has 2 aromatic rings. The molecule has 0 saturated heterocycles. The number of carbonyl (C=O) groups is 3. The Bertz CT molecular complexity index is 1100. The molecule has 3 amide bonds. The molecular formula is C24H24N4O5. The lowest BCUT2D eigenvalue weighted by atomic mass is 10.1. The number of rotatable bonds is 7. The normalized spacial score (nSPS) is 11.5. The Hall–Kier alpha value is -4.15. The second kappa shape index (κ2) is 12.6. The number of hydroxylamine groups is 1. The topological polar surface area (TPSA) is 154 Å². The molecule has 0 aliphatic rings. The van der Waals surface area contributed by atoms with Gasteiger partial charge in [-0.2, -0.15) is 0 Å². The lowest BCUT2D eigenvalue weighted by Gasteiger charge is -2.19. The average Bonchev–Trinajstić information content (AvgIpc) is 2.83. The molecule has 0 aromatic heterocycles. The molecule has 0 aliphatic heterocycles. The molecule has 2 aromatic carbocycles. The highest BCUT2D eigenvalue weighted by Crippen LogP contribution is 2.05. The van der Waals surface area contributed by atoms with Gasteiger partial charge in [0.25, 0.3) is 17.7 Å². The fourth-order valence-corrected chi connectivity index (χ4v) is 2.60. The molecule has 170 valence electrons. The number of hydrogen-bond acceptors (Lipinski definition) is 6. The summed E-state index contributed by atoms with van der Waals surface area (Å²) in [6.45, 7) is 2.09. The number of aliphatic hydroxyl groups excluding tert-OH is 1. The summed E-state index contributed by atoms with van der Waals surface area (Å²) in [6, 6.07) is 11.7. The first-order valence-corrected chi connectivity index (χ1v) is 9.99. The predicted molar refractivity (Wildman–Crippen MR) is 121 cm³/mol. The Morgan fingerprint density at radius 3 is 1.82 bits per heavy atom. The number of hydrogen-bond donors (Lipinski definition) is 6. The Balaban J connectivity index is 1.98. The van der Waals surface area contributed by atoms with E-state index in [0.29, 0.717) is 29.8 Å². The zero-order valence-corrected chi connectivity index (χ0v) is 17.9. The standard InChI is InChI=1S/C24H24N4O5/c1-16(29)21(24(32)28-33)27-23(31)20-12-8-18(9-13-20)5-3-2-4-17-6-10-19(11-7-17)22(30)26-15-14-25/h6-13,16,21,29,33H,14-15,25H2,1H3,(H,26,30)(H,27,31)(H,28,32)/t16-,21?/m1/s1. The summed E-state index contributed by atoms with van der Waals surface area (Å²) in [5.74, 6) is 9.45. The maximum absolute atomic E-state index is 12.3. The fraction of sp³-hybridized carbons (Fsp3) is 0.208. The molecule has 0 bridgehead atoms. The van der Waals surface area contributed by atoms with Crippen molar-refractivity contribution in [3.8, 4) is 23.7 Å². The third kappa shape index (κ3) is 7.80. The Morgan fingerprint density at radius 2 is 1.39 bits per heavy atom. The highest BCUT2D eigenvalue weighted by Gasteiger charge is 2.25. The number of carbonyl (C=O) groups excluding carboxylic acids is 3. The van der Waals surface area contributed by atoms with Gasteiger partial charge in [-0.25, -0.2) is 5.48 Å². The molecule has 0 heterocycles. The van der Waals surface area contributed by atoms with Gasteiger partial charge in [0.1, 0.15) is 6.04 Å². The molecule has 7 N–H and O–H groups in total. The van der Waals surface area contributed by atoms with Crippen LogP contribution in [0.2, 0.25) is 0 Å². The van der Waals surface area contributed by atoms with Crippen molar-refractivity contribution in [2.75, 3.05) is 13.1 Å². The first-order valence-electron chi connectivity index (χ1n) is 9.99. The molecule has 0 radical (unpaired) electrons. The molecule has 2 rings (SSSR count). The lowest BCUT2D eigenvalue weighted by Crippen LogP contribution is -2.51. The number of aliphatic hydroxyl groups is 1. The van der Waals surface area contributed by atoms with Crippen LogP contribution >= 0.6 is 0 Å². The van der Waals surface area contributed by atoms with Gasteiger partial charge in [0.05, 0.1) is 6.10 Å². The van der Waals surface area contributed by atoms with Crippen LogP contribution < -0.4 is 21.8 Å². The second-order valence-corrected chi connectivity index (χ2v) is 6.87. The molecule has 0 fully saturated rings. The quantitative estimate of drug-likeness (QED) is 0.195. The van der Waals surface area contributed by atoms with Crippen LogP contribution in [0.1, 0.15) is 38.8 Å². The van der Waals surface area contributed by atoms with Gasteiger partial charge in [0, 0.05) is 35.3 Å². The van der Waals surface area contributed by atoms with Crippen molar-refractivity contribution in [3.05, 3.63) is 70.8 Å². The van der Waals surface area contributed by atoms with Crippen molar-refractivity contribution >= 4 is 17.7 Å². The summed E-state index contributed by atoms with van der Waals surface area (Å²) in [5.41, 5.74) is 8.84. The number of nitrogens with two attached hydrogens (primary N) is 1. The van der Waals surface area contributed by atoms with Crippen molar-refractivity contribution in [1.29, 1.82) is 0 Å². The zero-order chi connectivity index (χ0) is 24.2. The van der Waals surface area contributed by atoms with Gasteiger partial charge in [-0.1, -0.05) is 11.8 Å². The highest BCUT2D eigenvalue weighted by molar-refractivity contribution is 5.97. The van der Waals surface area contributed by atoms with E-state index in [2.05, 4.69) is 34.3 Å². The van der Waals surface area contributed by atoms with Crippen LogP contribution in [0.5, 0.6) is 0 Å². The van der Waals surface area contributed by atoms with Gasteiger partial charge in [0.2, 0.25) is 0 Å². The Labute approximate surface area is 191 Å². The monoisotopic (exact) mass is 448 g/mol. The highest BCUT2D eigenvalue weighted by atomic mass is 16.5. The molecule has 2 atom stereocenters. The average molecular weight is 448 g/mol. The van der Waals surface area contributed by atoms with E-state index < -0.39 is 24.0 Å². The van der Waals surface area contributed by atoms with E-state index in [9.17, 15) is 19.5 Å². The van der Waals surface area contributed by atoms with Crippen molar-refractivity contribution in [2.45, 2.75) is 19.1 Å². The SMILES string of the molecule is C[C@@H](O)C(NC(=O)c1ccc(C#CC#Cc2ccc(C(=O)NCCN)cc2)cc1)C(=O)NO. The molecule has 33 heavy (non-hydrogen) atoms. The fourth-order valence-electron chi connectivity index (χ4n) is 2.60. The molecule has 9 nitrogen and oxygen atoms in total. The number of amides is 3. The van der Waals surface area contributed by atoms with Gasteiger partial charge in [-0.05, 0) is 67.3 Å². The van der Waals surface area contributed by atoms with E-state index in [1.54, 1.807) is 36.4 Å². The van der Waals surface area contributed by atoms with Gasteiger partial charge in [-0.15, -0.1) is 0 Å². The largest absolute Gasteiger partial charge is 0.391 e. The third-order valence-electron chi connectivity index (χ3n) is 4.36. The molecule has 0 spiro atoms. The smallest absolute Gasteiger partial charge is 0.268 e. The molecular weight excluding hydrogens is 424 g/mol. The van der Waals surface area contributed by atoms with Crippen molar-refractivity contribution in [1.82, 2.24) is 16.1 Å². The summed E-state index contributed by atoms with van der Waals surface area (Å²) in [6.07, 6.45) is -1.20. The summed E-state index contributed by atoms with van der Waals surface area (Å²) in [4.78, 5) is 35.6. The van der Waals surface area contributed by atoms with E-state index >= 15 is 0 Å². The summed E-state index contributed by atoms with van der Waals surface area (Å²) >= 11 is 0. The Morgan fingerprint density at radius 1 is 0.909 bits per heavy atom. The first-order chi connectivity index (χ1) is 15.8. The van der Waals surface area contributed by atoms with Gasteiger partial charge in [0.15, 0.2) is 0 Å². The van der Waals surface area contributed by atoms with Crippen LogP contribution in [0.15, 0.2) is 48.5 Å². The predicted octanol–water partition coefficient (Wildman–Crippen LogP) is -0.237.